The smallest absolute Gasteiger partial charge is 0.267 e. The Morgan fingerprint density at radius 2 is 2.00 bits per heavy atom. The van der Waals surface area contributed by atoms with Crippen molar-refractivity contribution < 1.29 is 4.79 Å². The molecule has 2 aliphatic rings. The Balaban J connectivity index is 1.72. The molecule has 4 rings (SSSR count). The molecule has 1 saturated carbocycles. The summed E-state index contributed by atoms with van der Waals surface area (Å²) in [6.07, 6.45) is 12.1. The zero-order chi connectivity index (χ0) is 22.7. The zero-order valence-electron chi connectivity index (χ0n) is 18.7. The van der Waals surface area contributed by atoms with E-state index < -0.39 is 0 Å². The summed E-state index contributed by atoms with van der Waals surface area (Å²) in [6, 6.07) is 3.96. The number of hydrogen-bond donors (Lipinski definition) is 1. The maximum atomic E-state index is 13.4. The Morgan fingerprint density at radius 3 is 2.75 bits per heavy atom. The van der Waals surface area contributed by atoms with Gasteiger partial charge in [0.05, 0.1) is 10.5 Å². The van der Waals surface area contributed by atoms with Crippen molar-refractivity contribution in [1.29, 1.82) is 0 Å². The molecule has 0 bridgehead atoms. The van der Waals surface area contributed by atoms with Gasteiger partial charge in [0.1, 0.15) is 15.8 Å². The summed E-state index contributed by atoms with van der Waals surface area (Å²) in [5.41, 5.74) is 1.79. The summed E-state index contributed by atoms with van der Waals surface area (Å²) in [5, 5.41) is 3.33. The van der Waals surface area contributed by atoms with E-state index in [2.05, 4.69) is 12.2 Å². The number of anilines is 1. The van der Waals surface area contributed by atoms with Crippen molar-refractivity contribution in [1.82, 2.24) is 14.3 Å². The van der Waals surface area contributed by atoms with Gasteiger partial charge in [-0.1, -0.05) is 69.1 Å². The van der Waals surface area contributed by atoms with Crippen LogP contribution in [-0.4, -0.2) is 37.1 Å². The van der Waals surface area contributed by atoms with Crippen LogP contribution in [0.3, 0.4) is 0 Å². The lowest BCUT2D eigenvalue weighted by atomic mass is 9.94. The van der Waals surface area contributed by atoms with Gasteiger partial charge in [-0.2, -0.15) is 0 Å². The molecule has 1 saturated heterocycles. The molecule has 1 amide bonds. The van der Waals surface area contributed by atoms with Crippen molar-refractivity contribution >= 4 is 51.7 Å². The van der Waals surface area contributed by atoms with Gasteiger partial charge < -0.3 is 5.32 Å². The molecule has 32 heavy (non-hydrogen) atoms. The molecule has 0 radical (unpaired) electrons. The average molecular weight is 471 g/mol. The van der Waals surface area contributed by atoms with Crippen LogP contribution in [-0.2, 0) is 4.79 Å². The number of hydrogen-bond acceptors (Lipinski definition) is 6. The van der Waals surface area contributed by atoms with E-state index in [4.69, 9.17) is 17.2 Å². The number of fused-ring (bicyclic) bond motifs is 1. The van der Waals surface area contributed by atoms with Gasteiger partial charge in [-0.05, 0) is 43.9 Å². The van der Waals surface area contributed by atoms with Gasteiger partial charge in [-0.3, -0.25) is 18.9 Å². The largest absolute Gasteiger partial charge is 0.369 e. The molecule has 2 aromatic heterocycles. The number of carbonyl (C=O) groups excluding carboxylic acids is 1. The third kappa shape index (κ3) is 4.76. The topological polar surface area (TPSA) is 66.7 Å². The minimum atomic E-state index is -0.181. The monoisotopic (exact) mass is 470 g/mol. The van der Waals surface area contributed by atoms with Gasteiger partial charge in [0.2, 0.25) is 0 Å². The molecule has 8 heteroatoms. The summed E-state index contributed by atoms with van der Waals surface area (Å²) in [7, 11) is 0. The van der Waals surface area contributed by atoms with Crippen LogP contribution in [0.4, 0.5) is 5.82 Å². The number of carbonyl (C=O) groups is 1. The van der Waals surface area contributed by atoms with Crippen molar-refractivity contribution in [2.75, 3.05) is 11.9 Å². The number of aryl methyl sites for hydroxylation is 1. The molecule has 2 aromatic rings. The second-order valence-corrected chi connectivity index (χ2v) is 10.3. The number of pyridine rings is 1. The van der Waals surface area contributed by atoms with Crippen LogP contribution in [0.2, 0.25) is 0 Å². The molecule has 1 aliphatic heterocycles. The van der Waals surface area contributed by atoms with E-state index in [0.29, 0.717) is 26.3 Å². The lowest BCUT2D eigenvalue weighted by Crippen LogP contribution is -2.39. The summed E-state index contributed by atoms with van der Waals surface area (Å²) >= 11 is 6.86. The molecule has 3 heterocycles. The number of aromatic nitrogens is 2. The molecule has 0 unspecified atom stereocenters. The molecule has 1 N–H and O–H groups in total. The van der Waals surface area contributed by atoms with Crippen molar-refractivity contribution in [3.05, 3.63) is 44.7 Å². The average Bonchev–Trinajstić information content (AvgIpc) is 3.07. The Labute approximate surface area is 198 Å². The second kappa shape index (κ2) is 10.2. The van der Waals surface area contributed by atoms with Crippen molar-refractivity contribution in [2.45, 2.75) is 71.3 Å². The van der Waals surface area contributed by atoms with Crippen LogP contribution in [0.5, 0.6) is 0 Å². The van der Waals surface area contributed by atoms with Crippen LogP contribution < -0.4 is 10.9 Å². The number of rotatable bonds is 7. The Bertz CT molecular complexity index is 1120. The van der Waals surface area contributed by atoms with Gasteiger partial charge >= 0.3 is 0 Å². The number of nitrogens with zero attached hydrogens (tertiary/aromatic N) is 3. The summed E-state index contributed by atoms with van der Waals surface area (Å²) in [6.45, 7) is 4.83. The minimum Gasteiger partial charge on any atom is -0.369 e. The quantitative estimate of drug-likeness (QED) is 0.343. The van der Waals surface area contributed by atoms with Crippen LogP contribution in [0.15, 0.2) is 28.0 Å². The lowest BCUT2D eigenvalue weighted by Gasteiger charge is -2.29. The van der Waals surface area contributed by atoms with Crippen LogP contribution >= 0.6 is 24.0 Å². The van der Waals surface area contributed by atoms with Gasteiger partial charge in [-0.15, -0.1) is 0 Å². The zero-order valence-corrected chi connectivity index (χ0v) is 20.4. The highest BCUT2D eigenvalue weighted by atomic mass is 32.2. The first-order valence-corrected chi connectivity index (χ1v) is 12.8. The van der Waals surface area contributed by atoms with E-state index >= 15 is 0 Å². The third-order valence-corrected chi connectivity index (χ3v) is 7.45. The first-order chi connectivity index (χ1) is 15.5. The van der Waals surface area contributed by atoms with E-state index in [1.165, 1.54) is 18.2 Å². The SMILES string of the molecule is CCCCCNc1nc2ccc(C)cn2c(=O)c1/C=C1/SC(=S)N(C2CCCCC2)C1=O. The molecule has 0 atom stereocenters. The molecular formula is C24H30N4O2S2. The van der Waals surface area contributed by atoms with Gasteiger partial charge in [0.15, 0.2) is 0 Å². The highest BCUT2D eigenvalue weighted by Crippen LogP contribution is 2.37. The van der Waals surface area contributed by atoms with E-state index in [9.17, 15) is 9.59 Å². The summed E-state index contributed by atoms with van der Waals surface area (Å²) in [5.74, 6) is 0.440. The van der Waals surface area contributed by atoms with E-state index in [0.717, 1.165) is 57.1 Å². The van der Waals surface area contributed by atoms with Gasteiger partial charge in [0, 0.05) is 18.8 Å². The number of nitrogens with one attached hydrogen (secondary N) is 1. The highest BCUT2D eigenvalue weighted by Gasteiger charge is 2.37. The fourth-order valence-electron chi connectivity index (χ4n) is 4.37. The predicted molar refractivity (Wildman–Crippen MR) is 136 cm³/mol. The molecule has 0 aromatic carbocycles. The number of amides is 1. The molecule has 0 spiro atoms. The van der Waals surface area contributed by atoms with Crippen LogP contribution in [0.1, 0.15) is 69.4 Å². The summed E-state index contributed by atoms with van der Waals surface area (Å²) in [4.78, 5) is 33.7. The van der Waals surface area contributed by atoms with Crippen LogP contribution in [0.25, 0.3) is 11.7 Å². The second-order valence-electron chi connectivity index (χ2n) is 8.59. The van der Waals surface area contributed by atoms with E-state index in [-0.39, 0.29) is 17.5 Å². The molecule has 2 fully saturated rings. The van der Waals surface area contributed by atoms with E-state index in [1.54, 1.807) is 21.6 Å². The maximum Gasteiger partial charge on any atom is 0.267 e. The number of thioether (sulfide) groups is 1. The van der Waals surface area contributed by atoms with Crippen LogP contribution in [0, 0.1) is 6.92 Å². The maximum absolute atomic E-state index is 13.4. The van der Waals surface area contributed by atoms with Crippen molar-refractivity contribution in [3.8, 4) is 0 Å². The highest BCUT2D eigenvalue weighted by molar-refractivity contribution is 8.26. The van der Waals surface area contributed by atoms with Gasteiger partial charge in [0.25, 0.3) is 11.5 Å². The Hall–Kier alpha value is -2.19. The Kier molecular flexibility index (Phi) is 7.30. The molecule has 6 nitrogen and oxygen atoms in total. The number of thiocarbonyl (C=S) groups is 1. The molecular weight excluding hydrogens is 440 g/mol. The first-order valence-electron chi connectivity index (χ1n) is 11.5. The minimum absolute atomic E-state index is 0.0856. The van der Waals surface area contributed by atoms with Gasteiger partial charge in [-0.25, -0.2) is 4.98 Å². The first kappa shape index (κ1) is 23.0. The fraction of sp³-hybridized carbons (Fsp3) is 0.500. The lowest BCUT2D eigenvalue weighted by molar-refractivity contribution is -0.124. The Morgan fingerprint density at radius 1 is 1.22 bits per heavy atom. The van der Waals surface area contributed by atoms with E-state index in [1.807, 2.05) is 19.1 Å². The number of unbranched alkanes of at least 4 members (excludes halogenated alkanes) is 2. The predicted octanol–water partition coefficient (Wildman–Crippen LogP) is 5.14. The normalized spacial score (nSPS) is 18.8. The standard InChI is InChI=1S/C24H30N4O2S2/c1-3-4-8-13-25-21-18(22(29)27-15-16(2)11-12-20(27)26-21)14-19-23(30)28(24(31)32-19)17-9-6-5-7-10-17/h11-12,14-15,17,25H,3-10,13H2,1-2H3/b19-14+. The molecule has 1 aliphatic carbocycles. The third-order valence-electron chi connectivity index (χ3n) is 6.12. The summed E-state index contributed by atoms with van der Waals surface area (Å²) < 4.78 is 2.15. The van der Waals surface area contributed by atoms with Crippen molar-refractivity contribution in [3.63, 3.8) is 0 Å². The fourth-order valence-corrected chi connectivity index (χ4v) is 5.75. The van der Waals surface area contributed by atoms with Crippen molar-refractivity contribution in [2.24, 2.45) is 0 Å². The molecule has 170 valence electrons.